The van der Waals surface area contributed by atoms with Gasteiger partial charge in [-0.05, 0) is 36.8 Å². The van der Waals surface area contributed by atoms with Crippen LogP contribution in [0, 0.1) is 6.92 Å². The standard InChI is InChI=1S/C21H20N2O3/c1-3-12-23-13-11-16-17(21(23)25)8-6-10-19(16)26-14-20(24)22-18-9-5-4-7-15(18)2/h3-11,13H,1,12,14H2,2H3,(H,22,24). The van der Waals surface area contributed by atoms with Gasteiger partial charge in [0, 0.05) is 23.8 Å². The summed E-state index contributed by atoms with van der Waals surface area (Å²) >= 11 is 0. The minimum atomic E-state index is -0.253. The third-order valence-corrected chi connectivity index (χ3v) is 4.08. The number of aromatic nitrogens is 1. The Morgan fingerprint density at radius 1 is 1.15 bits per heavy atom. The van der Waals surface area contributed by atoms with Crippen LogP contribution in [0.5, 0.6) is 5.75 Å². The molecule has 1 aromatic heterocycles. The molecule has 1 N–H and O–H groups in total. The molecule has 5 heteroatoms. The summed E-state index contributed by atoms with van der Waals surface area (Å²) in [6, 6.07) is 14.6. The van der Waals surface area contributed by atoms with Crippen molar-refractivity contribution in [2.45, 2.75) is 13.5 Å². The maximum Gasteiger partial charge on any atom is 0.262 e. The van der Waals surface area contributed by atoms with Crippen molar-refractivity contribution >= 4 is 22.4 Å². The molecule has 0 bridgehead atoms. The fourth-order valence-electron chi connectivity index (χ4n) is 2.74. The fraction of sp³-hybridized carbons (Fsp3) is 0.143. The van der Waals surface area contributed by atoms with E-state index in [4.69, 9.17) is 4.74 Å². The van der Waals surface area contributed by atoms with Gasteiger partial charge < -0.3 is 14.6 Å². The number of anilines is 1. The topological polar surface area (TPSA) is 60.3 Å². The Hall–Kier alpha value is -3.34. The van der Waals surface area contributed by atoms with E-state index in [0.29, 0.717) is 23.1 Å². The molecular formula is C21H20N2O3. The number of carbonyl (C=O) groups excluding carboxylic acids is 1. The molecule has 0 aliphatic rings. The van der Waals surface area contributed by atoms with Crippen LogP contribution in [0.4, 0.5) is 5.69 Å². The van der Waals surface area contributed by atoms with Gasteiger partial charge in [0.2, 0.25) is 0 Å². The predicted molar refractivity (Wildman–Crippen MR) is 104 cm³/mol. The van der Waals surface area contributed by atoms with Crippen molar-refractivity contribution < 1.29 is 9.53 Å². The number of carbonyl (C=O) groups is 1. The summed E-state index contributed by atoms with van der Waals surface area (Å²) in [5.41, 5.74) is 1.62. The normalized spacial score (nSPS) is 10.5. The third-order valence-electron chi connectivity index (χ3n) is 4.08. The van der Waals surface area contributed by atoms with E-state index in [-0.39, 0.29) is 18.1 Å². The van der Waals surface area contributed by atoms with Gasteiger partial charge in [0.15, 0.2) is 6.61 Å². The van der Waals surface area contributed by atoms with Crippen molar-refractivity contribution in [3.8, 4) is 5.75 Å². The molecule has 0 saturated heterocycles. The molecule has 1 heterocycles. The summed E-state index contributed by atoms with van der Waals surface area (Å²) in [5.74, 6) is 0.251. The van der Waals surface area contributed by atoms with Gasteiger partial charge >= 0.3 is 0 Å². The van der Waals surface area contributed by atoms with Crippen molar-refractivity contribution in [1.29, 1.82) is 0 Å². The Kier molecular flexibility index (Phi) is 5.17. The van der Waals surface area contributed by atoms with E-state index >= 15 is 0 Å². The Morgan fingerprint density at radius 2 is 1.96 bits per heavy atom. The van der Waals surface area contributed by atoms with Crippen molar-refractivity contribution in [2.75, 3.05) is 11.9 Å². The molecule has 0 atom stereocenters. The zero-order valence-electron chi connectivity index (χ0n) is 14.6. The lowest BCUT2D eigenvalue weighted by atomic mass is 10.1. The second-order valence-corrected chi connectivity index (χ2v) is 5.93. The van der Waals surface area contributed by atoms with E-state index in [1.807, 2.05) is 37.3 Å². The summed E-state index contributed by atoms with van der Waals surface area (Å²) in [6.07, 6.45) is 3.37. The predicted octanol–water partition coefficient (Wildman–Crippen LogP) is 3.51. The minimum absolute atomic E-state index is 0.114. The number of pyridine rings is 1. The largest absolute Gasteiger partial charge is 0.483 e. The molecule has 0 radical (unpaired) electrons. The first-order valence-electron chi connectivity index (χ1n) is 8.31. The molecule has 5 nitrogen and oxygen atoms in total. The Morgan fingerprint density at radius 3 is 2.73 bits per heavy atom. The quantitative estimate of drug-likeness (QED) is 0.694. The summed E-state index contributed by atoms with van der Waals surface area (Å²) in [4.78, 5) is 24.6. The maximum atomic E-state index is 12.5. The molecule has 2 aromatic carbocycles. The van der Waals surface area contributed by atoms with Gasteiger partial charge in [0.05, 0.1) is 5.39 Å². The SMILES string of the molecule is C=CCn1ccc2c(OCC(=O)Nc3ccccc3C)cccc2c1=O. The minimum Gasteiger partial charge on any atom is -0.483 e. The number of aryl methyl sites for hydroxylation is 1. The van der Waals surface area contributed by atoms with Gasteiger partial charge in [0.1, 0.15) is 5.75 Å². The van der Waals surface area contributed by atoms with E-state index < -0.39 is 0 Å². The first-order chi connectivity index (χ1) is 12.6. The molecule has 132 valence electrons. The Labute approximate surface area is 151 Å². The zero-order valence-corrected chi connectivity index (χ0v) is 14.6. The lowest BCUT2D eigenvalue weighted by Gasteiger charge is -2.12. The highest BCUT2D eigenvalue weighted by atomic mass is 16.5. The van der Waals surface area contributed by atoms with Gasteiger partial charge in [-0.3, -0.25) is 9.59 Å². The second-order valence-electron chi connectivity index (χ2n) is 5.93. The van der Waals surface area contributed by atoms with Crippen LogP contribution in [0.15, 0.2) is 72.2 Å². The van der Waals surface area contributed by atoms with Crippen LogP contribution in [0.2, 0.25) is 0 Å². The summed E-state index contributed by atoms with van der Waals surface area (Å²) in [6.45, 7) is 5.89. The van der Waals surface area contributed by atoms with E-state index in [0.717, 1.165) is 11.3 Å². The van der Waals surface area contributed by atoms with Crippen molar-refractivity contribution in [3.63, 3.8) is 0 Å². The number of nitrogens with zero attached hydrogens (tertiary/aromatic N) is 1. The van der Waals surface area contributed by atoms with Gasteiger partial charge in [-0.15, -0.1) is 6.58 Å². The number of benzene rings is 2. The zero-order chi connectivity index (χ0) is 18.5. The molecule has 0 saturated carbocycles. The second kappa shape index (κ2) is 7.70. The van der Waals surface area contributed by atoms with E-state index in [9.17, 15) is 9.59 Å². The third kappa shape index (κ3) is 3.67. The molecule has 1 amide bonds. The number of hydrogen-bond donors (Lipinski definition) is 1. The lowest BCUT2D eigenvalue weighted by Crippen LogP contribution is -2.21. The van der Waals surface area contributed by atoms with Crippen LogP contribution in [0.1, 0.15) is 5.56 Å². The number of para-hydroxylation sites is 1. The number of amides is 1. The number of fused-ring (bicyclic) bond motifs is 1. The first kappa shape index (κ1) is 17.5. The highest BCUT2D eigenvalue weighted by Crippen LogP contribution is 2.23. The van der Waals surface area contributed by atoms with Crippen LogP contribution in [0.25, 0.3) is 10.8 Å². The average Bonchev–Trinajstić information content (AvgIpc) is 2.64. The summed E-state index contributed by atoms with van der Waals surface area (Å²) in [5, 5.41) is 4.05. The molecule has 26 heavy (non-hydrogen) atoms. The average molecular weight is 348 g/mol. The van der Waals surface area contributed by atoms with Crippen molar-refractivity contribution in [2.24, 2.45) is 0 Å². The van der Waals surface area contributed by atoms with E-state index in [2.05, 4.69) is 11.9 Å². The lowest BCUT2D eigenvalue weighted by molar-refractivity contribution is -0.118. The van der Waals surface area contributed by atoms with Crippen molar-refractivity contribution in [3.05, 3.63) is 83.3 Å². The van der Waals surface area contributed by atoms with Crippen LogP contribution in [-0.2, 0) is 11.3 Å². The number of allylic oxidation sites excluding steroid dienone is 1. The van der Waals surface area contributed by atoms with Gasteiger partial charge in [-0.2, -0.15) is 0 Å². The highest BCUT2D eigenvalue weighted by molar-refractivity contribution is 5.93. The molecule has 3 rings (SSSR count). The first-order valence-corrected chi connectivity index (χ1v) is 8.31. The molecular weight excluding hydrogens is 328 g/mol. The van der Waals surface area contributed by atoms with Gasteiger partial charge in [0.25, 0.3) is 11.5 Å². The summed E-state index contributed by atoms with van der Waals surface area (Å²) in [7, 11) is 0. The van der Waals surface area contributed by atoms with Gasteiger partial charge in [-0.25, -0.2) is 0 Å². The maximum absolute atomic E-state index is 12.5. The van der Waals surface area contributed by atoms with Crippen LogP contribution in [-0.4, -0.2) is 17.1 Å². The molecule has 0 aliphatic carbocycles. The molecule has 0 aliphatic heterocycles. The molecule has 0 fully saturated rings. The smallest absolute Gasteiger partial charge is 0.262 e. The van der Waals surface area contributed by atoms with Gasteiger partial charge in [-0.1, -0.05) is 30.3 Å². The fourth-order valence-corrected chi connectivity index (χ4v) is 2.74. The van der Waals surface area contributed by atoms with Crippen LogP contribution < -0.4 is 15.6 Å². The number of ether oxygens (including phenoxy) is 1. The highest BCUT2D eigenvalue weighted by Gasteiger charge is 2.10. The Bertz CT molecular complexity index is 1020. The van der Waals surface area contributed by atoms with Crippen molar-refractivity contribution in [1.82, 2.24) is 4.57 Å². The monoisotopic (exact) mass is 348 g/mol. The van der Waals surface area contributed by atoms with E-state index in [1.165, 1.54) is 0 Å². The number of rotatable bonds is 6. The molecule has 0 spiro atoms. The molecule has 0 unspecified atom stereocenters. The van der Waals surface area contributed by atoms with Crippen LogP contribution >= 0.6 is 0 Å². The Balaban J connectivity index is 1.78. The summed E-state index contributed by atoms with van der Waals surface area (Å²) < 4.78 is 7.24. The van der Waals surface area contributed by atoms with Crippen LogP contribution in [0.3, 0.4) is 0 Å². The molecule has 3 aromatic rings. The number of nitrogens with one attached hydrogen (secondary N) is 1. The number of hydrogen-bond acceptors (Lipinski definition) is 3. The van der Waals surface area contributed by atoms with E-state index in [1.54, 1.807) is 35.0 Å².